The Morgan fingerprint density at radius 2 is 1.76 bits per heavy atom. The summed E-state index contributed by atoms with van der Waals surface area (Å²) in [5, 5.41) is 23.0. The number of carbonyl (C=O) groups excluding carboxylic acids is 1. The fourth-order valence-electron chi connectivity index (χ4n) is 2.75. The lowest BCUT2D eigenvalue weighted by atomic mass is 10.2. The van der Waals surface area contributed by atoms with Crippen LogP contribution in [0.1, 0.15) is 15.9 Å². The first-order valence-corrected chi connectivity index (χ1v) is 8.98. The number of hydrogen-bond donors (Lipinski definition) is 1. The Kier molecular flexibility index (Phi) is 4.69. The Bertz CT molecular complexity index is 1250. The number of benzene rings is 3. The van der Waals surface area contributed by atoms with Crippen LogP contribution in [0.15, 0.2) is 60.7 Å². The maximum absolute atomic E-state index is 12.4. The van der Waals surface area contributed by atoms with Crippen LogP contribution in [0, 0.1) is 17.0 Å². The average molecular weight is 408 g/mol. The quantitative estimate of drug-likeness (QED) is 0.395. The minimum atomic E-state index is -0.514. The van der Waals surface area contributed by atoms with Gasteiger partial charge in [0, 0.05) is 28.4 Å². The van der Waals surface area contributed by atoms with Crippen molar-refractivity contribution in [1.82, 2.24) is 15.0 Å². The van der Waals surface area contributed by atoms with E-state index in [9.17, 15) is 14.9 Å². The number of aromatic nitrogens is 3. The number of aryl methyl sites for hydroxylation is 1. The number of nitro groups is 1. The van der Waals surface area contributed by atoms with E-state index in [2.05, 4.69) is 15.5 Å². The number of nitrogens with zero attached hydrogens (tertiary/aromatic N) is 4. The molecule has 0 fully saturated rings. The Hall–Kier alpha value is -3.78. The molecule has 0 bridgehead atoms. The van der Waals surface area contributed by atoms with Crippen LogP contribution in [0.5, 0.6) is 0 Å². The molecule has 0 saturated heterocycles. The van der Waals surface area contributed by atoms with Crippen LogP contribution >= 0.6 is 11.6 Å². The van der Waals surface area contributed by atoms with Gasteiger partial charge in [-0.15, -0.1) is 10.2 Å². The van der Waals surface area contributed by atoms with Gasteiger partial charge in [0.2, 0.25) is 0 Å². The molecule has 1 heterocycles. The van der Waals surface area contributed by atoms with Crippen molar-refractivity contribution in [1.29, 1.82) is 0 Å². The number of nitro benzene ring substituents is 1. The number of nitrogens with one attached hydrogen (secondary N) is 1. The largest absolute Gasteiger partial charge is 0.322 e. The highest BCUT2D eigenvalue weighted by Gasteiger charge is 2.11. The molecule has 0 unspecified atom stereocenters. The molecule has 9 heteroatoms. The van der Waals surface area contributed by atoms with E-state index in [0.29, 0.717) is 27.3 Å². The highest BCUT2D eigenvalue weighted by atomic mass is 35.5. The number of fused-ring (bicyclic) bond motifs is 1. The molecule has 8 nitrogen and oxygen atoms in total. The number of halogens is 1. The second-order valence-corrected chi connectivity index (χ2v) is 6.79. The third kappa shape index (κ3) is 3.78. The van der Waals surface area contributed by atoms with E-state index in [4.69, 9.17) is 11.6 Å². The second kappa shape index (κ2) is 7.33. The molecule has 1 amide bonds. The smallest absolute Gasteiger partial charge is 0.269 e. The van der Waals surface area contributed by atoms with Gasteiger partial charge in [-0.1, -0.05) is 17.7 Å². The summed E-state index contributed by atoms with van der Waals surface area (Å²) in [6.07, 6.45) is 0. The Morgan fingerprint density at radius 1 is 1.03 bits per heavy atom. The van der Waals surface area contributed by atoms with Gasteiger partial charge in [-0.2, -0.15) is 4.80 Å². The Labute approximate surface area is 169 Å². The number of rotatable bonds is 4. The predicted octanol–water partition coefficient (Wildman–Crippen LogP) is 4.54. The molecular formula is C20H14ClN5O3. The third-order valence-electron chi connectivity index (χ3n) is 4.36. The Morgan fingerprint density at radius 3 is 2.45 bits per heavy atom. The SMILES string of the molecule is Cc1ccc(-n2nc3ccc(NC(=O)c4ccc([N+](=O)[O-])cc4)cc3n2)cc1Cl. The summed E-state index contributed by atoms with van der Waals surface area (Å²) in [6.45, 7) is 1.92. The summed E-state index contributed by atoms with van der Waals surface area (Å²) in [4.78, 5) is 24.1. The van der Waals surface area contributed by atoms with Crippen LogP contribution < -0.4 is 5.32 Å². The molecule has 4 rings (SSSR count). The van der Waals surface area contributed by atoms with E-state index in [0.717, 1.165) is 11.3 Å². The lowest BCUT2D eigenvalue weighted by molar-refractivity contribution is -0.384. The molecule has 4 aromatic rings. The minimum Gasteiger partial charge on any atom is -0.322 e. The van der Waals surface area contributed by atoms with Crippen LogP contribution in [-0.2, 0) is 0 Å². The van der Waals surface area contributed by atoms with Gasteiger partial charge in [0.15, 0.2) is 0 Å². The van der Waals surface area contributed by atoms with Crippen molar-refractivity contribution in [3.8, 4) is 5.69 Å². The topological polar surface area (TPSA) is 103 Å². The van der Waals surface area contributed by atoms with Crippen LogP contribution in [0.25, 0.3) is 16.7 Å². The van der Waals surface area contributed by atoms with Crippen molar-refractivity contribution in [3.63, 3.8) is 0 Å². The zero-order valence-corrected chi connectivity index (χ0v) is 15.9. The first-order chi connectivity index (χ1) is 13.9. The van der Waals surface area contributed by atoms with Crippen LogP contribution in [0.4, 0.5) is 11.4 Å². The van der Waals surface area contributed by atoms with E-state index in [1.54, 1.807) is 24.3 Å². The number of carbonyl (C=O) groups is 1. The summed E-state index contributed by atoms with van der Waals surface area (Å²) >= 11 is 6.18. The first kappa shape index (κ1) is 18.6. The number of hydrogen-bond acceptors (Lipinski definition) is 5. The number of anilines is 1. The van der Waals surface area contributed by atoms with Crippen molar-refractivity contribution < 1.29 is 9.72 Å². The molecule has 0 saturated carbocycles. The molecule has 0 aliphatic heterocycles. The lowest BCUT2D eigenvalue weighted by Crippen LogP contribution is -2.11. The lowest BCUT2D eigenvalue weighted by Gasteiger charge is -2.04. The van der Waals surface area contributed by atoms with E-state index in [1.807, 2.05) is 19.1 Å². The standard InChI is InChI=1S/C20H14ClN5O3/c1-12-2-6-16(11-17(12)21)25-23-18-9-5-14(10-19(18)24-25)22-20(27)13-3-7-15(8-4-13)26(28)29/h2-11H,1H3,(H,22,27). The van der Waals surface area contributed by atoms with Gasteiger partial charge in [-0.3, -0.25) is 14.9 Å². The van der Waals surface area contributed by atoms with Gasteiger partial charge < -0.3 is 5.32 Å². The van der Waals surface area contributed by atoms with E-state index in [1.165, 1.54) is 29.1 Å². The maximum atomic E-state index is 12.4. The molecule has 0 aliphatic rings. The molecule has 3 aromatic carbocycles. The zero-order chi connectivity index (χ0) is 20.5. The summed E-state index contributed by atoms with van der Waals surface area (Å²) in [5.74, 6) is -0.378. The number of non-ortho nitro benzene ring substituents is 1. The molecule has 0 atom stereocenters. The Balaban J connectivity index is 1.57. The highest BCUT2D eigenvalue weighted by Crippen LogP contribution is 2.22. The molecule has 1 aromatic heterocycles. The van der Waals surface area contributed by atoms with Gasteiger partial charge in [0.25, 0.3) is 11.6 Å². The van der Waals surface area contributed by atoms with Gasteiger partial charge in [0.05, 0.1) is 10.6 Å². The van der Waals surface area contributed by atoms with Crippen molar-refractivity contribution in [2.75, 3.05) is 5.32 Å². The summed E-state index contributed by atoms with van der Waals surface area (Å²) in [5.41, 5.74) is 3.73. The average Bonchev–Trinajstić information content (AvgIpc) is 3.13. The van der Waals surface area contributed by atoms with E-state index in [-0.39, 0.29) is 11.6 Å². The van der Waals surface area contributed by atoms with Crippen molar-refractivity contribution in [2.45, 2.75) is 6.92 Å². The fraction of sp³-hybridized carbons (Fsp3) is 0.0500. The van der Waals surface area contributed by atoms with Crippen molar-refractivity contribution >= 4 is 39.9 Å². The predicted molar refractivity (Wildman–Crippen MR) is 110 cm³/mol. The van der Waals surface area contributed by atoms with Gasteiger partial charge in [0.1, 0.15) is 11.0 Å². The van der Waals surface area contributed by atoms with Crippen LogP contribution in [0.2, 0.25) is 5.02 Å². The molecule has 1 N–H and O–H groups in total. The van der Waals surface area contributed by atoms with Crippen LogP contribution in [0.3, 0.4) is 0 Å². The number of amides is 1. The summed E-state index contributed by atoms with van der Waals surface area (Å²) < 4.78 is 0. The van der Waals surface area contributed by atoms with Crippen molar-refractivity contribution in [3.05, 3.63) is 86.9 Å². The van der Waals surface area contributed by atoms with E-state index < -0.39 is 4.92 Å². The maximum Gasteiger partial charge on any atom is 0.269 e. The van der Waals surface area contributed by atoms with Gasteiger partial charge in [-0.05, 0) is 55.0 Å². The summed E-state index contributed by atoms with van der Waals surface area (Å²) in [6, 6.07) is 16.1. The highest BCUT2D eigenvalue weighted by molar-refractivity contribution is 6.31. The monoisotopic (exact) mass is 407 g/mol. The molecule has 29 heavy (non-hydrogen) atoms. The second-order valence-electron chi connectivity index (χ2n) is 6.38. The van der Waals surface area contributed by atoms with Gasteiger partial charge in [-0.25, -0.2) is 0 Å². The van der Waals surface area contributed by atoms with Crippen molar-refractivity contribution in [2.24, 2.45) is 0 Å². The van der Waals surface area contributed by atoms with Gasteiger partial charge >= 0.3 is 0 Å². The minimum absolute atomic E-state index is 0.0733. The zero-order valence-electron chi connectivity index (χ0n) is 15.2. The van der Waals surface area contributed by atoms with Crippen LogP contribution in [-0.4, -0.2) is 25.8 Å². The third-order valence-corrected chi connectivity index (χ3v) is 4.77. The van der Waals surface area contributed by atoms with E-state index >= 15 is 0 Å². The molecule has 0 aliphatic carbocycles. The molecule has 144 valence electrons. The molecular weight excluding hydrogens is 394 g/mol. The summed E-state index contributed by atoms with van der Waals surface area (Å²) in [7, 11) is 0. The molecule has 0 radical (unpaired) electrons. The fourth-order valence-corrected chi connectivity index (χ4v) is 2.93. The first-order valence-electron chi connectivity index (χ1n) is 8.60. The molecule has 0 spiro atoms. The normalized spacial score (nSPS) is 10.8.